The van der Waals surface area contributed by atoms with Gasteiger partial charge in [0.1, 0.15) is 11.4 Å². The van der Waals surface area contributed by atoms with Crippen LogP contribution in [0, 0.1) is 6.92 Å². The Labute approximate surface area is 160 Å². The lowest BCUT2D eigenvalue weighted by molar-refractivity contribution is 0.0240. The third kappa shape index (κ3) is 4.53. The zero-order valence-electron chi connectivity index (χ0n) is 16.7. The molecule has 2 heterocycles. The summed E-state index contributed by atoms with van der Waals surface area (Å²) >= 11 is 0. The number of hydrogen-bond donors (Lipinski definition) is 0. The van der Waals surface area contributed by atoms with Crippen LogP contribution >= 0.6 is 0 Å². The number of carbonyl (C=O) groups excluding carboxylic acids is 1. The summed E-state index contributed by atoms with van der Waals surface area (Å²) in [5.41, 5.74) is 1.54. The lowest BCUT2D eigenvalue weighted by atomic mass is 10.2. The zero-order valence-corrected chi connectivity index (χ0v) is 16.7. The molecule has 2 aromatic rings. The molecule has 1 aliphatic heterocycles. The number of piperazine rings is 1. The van der Waals surface area contributed by atoms with Crippen LogP contribution in [0.2, 0.25) is 0 Å². The molecule has 7 heteroatoms. The fourth-order valence-electron chi connectivity index (χ4n) is 3.06. The topological polar surface area (TPSA) is 59.8 Å². The van der Waals surface area contributed by atoms with Crippen LogP contribution in [0.25, 0.3) is 5.69 Å². The smallest absolute Gasteiger partial charge is 0.410 e. The Balaban J connectivity index is 1.68. The van der Waals surface area contributed by atoms with Gasteiger partial charge in [-0.3, -0.25) is 0 Å². The van der Waals surface area contributed by atoms with E-state index in [0.29, 0.717) is 13.1 Å². The first-order chi connectivity index (χ1) is 12.8. The average Bonchev–Trinajstić information content (AvgIpc) is 3.02. The van der Waals surface area contributed by atoms with Gasteiger partial charge in [0.15, 0.2) is 5.82 Å². The van der Waals surface area contributed by atoms with Gasteiger partial charge in [-0.1, -0.05) is 6.07 Å². The van der Waals surface area contributed by atoms with Crippen molar-refractivity contribution in [2.45, 2.75) is 33.3 Å². The molecule has 0 spiro atoms. The predicted octanol–water partition coefficient (Wildman–Crippen LogP) is 3.25. The molecule has 0 unspecified atom stereocenters. The molecule has 0 aliphatic carbocycles. The van der Waals surface area contributed by atoms with E-state index >= 15 is 0 Å². The normalized spacial score (nSPS) is 15.0. The third-order valence-corrected chi connectivity index (χ3v) is 4.43. The highest BCUT2D eigenvalue weighted by Crippen LogP contribution is 2.22. The van der Waals surface area contributed by atoms with Gasteiger partial charge in [-0.25, -0.2) is 9.48 Å². The van der Waals surface area contributed by atoms with Crippen LogP contribution in [0.4, 0.5) is 10.6 Å². The lowest BCUT2D eigenvalue weighted by Gasteiger charge is -2.35. The van der Waals surface area contributed by atoms with Gasteiger partial charge in [-0.15, -0.1) is 0 Å². The Kier molecular flexibility index (Phi) is 5.30. The summed E-state index contributed by atoms with van der Waals surface area (Å²) < 4.78 is 12.7. The second kappa shape index (κ2) is 7.50. The molecule has 1 saturated heterocycles. The van der Waals surface area contributed by atoms with E-state index in [1.165, 1.54) is 0 Å². The maximum absolute atomic E-state index is 12.2. The molecule has 0 bridgehead atoms. The fourth-order valence-corrected chi connectivity index (χ4v) is 3.06. The number of nitrogens with zero attached hydrogens (tertiary/aromatic N) is 4. The molecule has 27 heavy (non-hydrogen) atoms. The molecule has 3 rings (SSSR count). The summed E-state index contributed by atoms with van der Waals surface area (Å²) in [6.45, 7) is 10.4. The van der Waals surface area contributed by atoms with Crippen LogP contribution in [0.3, 0.4) is 0 Å². The van der Waals surface area contributed by atoms with Crippen molar-refractivity contribution in [3.63, 3.8) is 0 Å². The molecule has 0 atom stereocenters. The van der Waals surface area contributed by atoms with E-state index in [9.17, 15) is 4.79 Å². The van der Waals surface area contributed by atoms with Crippen molar-refractivity contribution in [1.82, 2.24) is 14.7 Å². The molecular weight excluding hydrogens is 344 g/mol. The van der Waals surface area contributed by atoms with Crippen molar-refractivity contribution in [3.05, 3.63) is 36.0 Å². The highest BCUT2D eigenvalue weighted by molar-refractivity contribution is 5.68. The Morgan fingerprint density at radius 3 is 2.44 bits per heavy atom. The van der Waals surface area contributed by atoms with E-state index in [2.05, 4.69) is 11.0 Å². The molecule has 1 aliphatic rings. The highest BCUT2D eigenvalue weighted by atomic mass is 16.6. The summed E-state index contributed by atoms with van der Waals surface area (Å²) in [5.74, 6) is 1.72. The molecular formula is C20H28N4O3. The number of carbonyl (C=O) groups is 1. The van der Waals surface area contributed by atoms with Crippen LogP contribution < -0.4 is 9.64 Å². The number of aromatic nitrogens is 2. The number of ether oxygens (including phenoxy) is 2. The maximum atomic E-state index is 12.2. The molecule has 0 N–H and O–H groups in total. The monoisotopic (exact) mass is 372 g/mol. The Morgan fingerprint density at radius 2 is 1.81 bits per heavy atom. The molecule has 1 aromatic carbocycles. The van der Waals surface area contributed by atoms with Crippen LogP contribution in [-0.2, 0) is 4.74 Å². The number of rotatable bonds is 3. The Morgan fingerprint density at radius 1 is 1.11 bits per heavy atom. The number of benzene rings is 1. The standard InChI is InChI=1S/C20H28N4O3/c1-15-13-18(21-24(15)16-7-6-8-17(14-16)26-5)22-9-11-23(12-10-22)19(25)27-20(2,3)4/h6-8,13-14H,9-12H2,1-5H3. The van der Waals surface area contributed by atoms with Gasteiger partial charge in [0, 0.05) is 44.0 Å². The molecule has 0 saturated carbocycles. The summed E-state index contributed by atoms with van der Waals surface area (Å²) in [6.07, 6.45) is -0.250. The van der Waals surface area contributed by atoms with E-state index in [4.69, 9.17) is 14.6 Å². The zero-order chi connectivity index (χ0) is 19.6. The van der Waals surface area contributed by atoms with Gasteiger partial charge >= 0.3 is 6.09 Å². The van der Waals surface area contributed by atoms with Crippen molar-refractivity contribution in [2.75, 3.05) is 38.2 Å². The van der Waals surface area contributed by atoms with E-state index in [0.717, 1.165) is 36.0 Å². The van der Waals surface area contributed by atoms with Gasteiger partial charge < -0.3 is 19.3 Å². The summed E-state index contributed by atoms with van der Waals surface area (Å²) in [5, 5.41) is 4.76. The van der Waals surface area contributed by atoms with Crippen molar-refractivity contribution >= 4 is 11.9 Å². The van der Waals surface area contributed by atoms with Crippen LogP contribution in [0.15, 0.2) is 30.3 Å². The quantitative estimate of drug-likeness (QED) is 0.828. The third-order valence-electron chi connectivity index (χ3n) is 4.43. The second-order valence-corrected chi connectivity index (χ2v) is 7.71. The van der Waals surface area contributed by atoms with E-state index in [1.807, 2.05) is 56.6 Å². The Bertz CT molecular complexity index is 802. The Hall–Kier alpha value is -2.70. The molecule has 1 fully saturated rings. The van der Waals surface area contributed by atoms with Crippen molar-refractivity contribution < 1.29 is 14.3 Å². The van der Waals surface area contributed by atoms with Gasteiger partial charge in [-0.05, 0) is 39.8 Å². The van der Waals surface area contributed by atoms with E-state index in [1.54, 1.807) is 12.0 Å². The number of amides is 1. The van der Waals surface area contributed by atoms with Crippen molar-refractivity contribution in [1.29, 1.82) is 0 Å². The van der Waals surface area contributed by atoms with Crippen molar-refractivity contribution in [3.8, 4) is 11.4 Å². The lowest BCUT2D eigenvalue weighted by Crippen LogP contribution is -2.50. The van der Waals surface area contributed by atoms with Crippen LogP contribution in [-0.4, -0.2) is 59.7 Å². The number of aryl methyl sites for hydroxylation is 1. The number of methoxy groups -OCH3 is 1. The predicted molar refractivity (Wildman–Crippen MR) is 105 cm³/mol. The minimum atomic E-state index is -0.471. The first-order valence-electron chi connectivity index (χ1n) is 9.21. The van der Waals surface area contributed by atoms with Gasteiger partial charge in [0.25, 0.3) is 0 Å². The van der Waals surface area contributed by atoms with E-state index < -0.39 is 5.60 Å². The minimum absolute atomic E-state index is 0.250. The molecule has 1 aromatic heterocycles. The largest absolute Gasteiger partial charge is 0.497 e. The molecule has 1 amide bonds. The maximum Gasteiger partial charge on any atom is 0.410 e. The number of anilines is 1. The summed E-state index contributed by atoms with van der Waals surface area (Å²) in [7, 11) is 1.66. The van der Waals surface area contributed by atoms with Crippen molar-refractivity contribution in [2.24, 2.45) is 0 Å². The van der Waals surface area contributed by atoms with Gasteiger partial charge in [0.05, 0.1) is 12.8 Å². The van der Waals surface area contributed by atoms with E-state index in [-0.39, 0.29) is 6.09 Å². The number of hydrogen-bond acceptors (Lipinski definition) is 5. The second-order valence-electron chi connectivity index (χ2n) is 7.71. The highest BCUT2D eigenvalue weighted by Gasteiger charge is 2.27. The first kappa shape index (κ1) is 19.1. The summed E-state index contributed by atoms with van der Waals surface area (Å²) in [4.78, 5) is 16.2. The first-order valence-corrected chi connectivity index (χ1v) is 9.21. The minimum Gasteiger partial charge on any atom is -0.497 e. The molecule has 7 nitrogen and oxygen atoms in total. The van der Waals surface area contributed by atoms with Gasteiger partial charge in [-0.2, -0.15) is 5.10 Å². The molecule has 0 radical (unpaired) electrons. The van der Waals surface area contributed by atoms with Gasteiger partial charge in [0.2, 0.25) is 0 Å². The molecule has 146 valence electrons. The average molecular weight is 372 g/mol. The SMILES string of the molecule is COc1cccc(-n2nc(N3CCN(C(=O)OC(C)(C)C)CC3)cc2C)c1. The van der Waals surface area contributed by atoms with Crippen LogP contribution in [0.1, 0.15) is 26.5 Å². The van der Waals surface area contributed by atoms with Crippen LogP contribution in [0.5, 0.6) is 5.75 Å². The summed E-state index contributed by atoms with van der Waals surface area (Å²) in [6, 6.07) is 9.91. The fraction of sp³-hybridized carbons (Fsp3) is 0.500.